The van der Waals surface area contributed by atoms with Crippen molar-refractivity contribution in [2.75, 3.05) is 17.7 Å². The number of halogens is 1. The van der Waals surface area contributed by atoms with Crippen molar-refractivity contribution in [3.8, 4) is 17.0 Å². The first-order valence-corrected chi connectivity index (χ1v) is 7.56. The van der Waals surface area contributed by atoms with Gasteiger partial charge in [0.1, 0.15) is 11.6 Å². The van der Waals surface area contributed by atoms with E-state index in [0.717, 1.165) is 17.0 Å². The number of ether oxygens (including phenoxy) is 1. The molecule has 0 radical (unpaired) electrons. The van der Waals surface area contributed by atoms with Crippen LogP contribution >= 0.6 is 0 Å². The molecule has 3 aromatic rings. The third kappa shape index (κ3) is 3.77. The molecule has 0 bridgehead atoms. The van der Waals surface area contributed by atoms with Crippen molar-refractivity contribution in [3.05, 3.63) is 60.5 Å². The third-order valence-electron chi connectivity index (χ3n) is 3.68. The molecule has 0 fully saturated rings. The molecule has 1 heterocycles. The maximum Gasteiger partial charge on any atom is 0.326 e. The number of carbonyl (C=O) groups is 1. The molecule has 0 spiro atoms. The maximum atomic E-state index is 13.2. The van der Waals surface area contributed by atoms with Gasteiger partial charge in [-0.1, -0.05) is 6.07 Å². The van der Waals surface area contributed by atoms with E-state index in [-0.39, 0.29) is 0 Å². The van der Waals surface area contributed by atoms with Crippen molar-refractivity contribution in [3.63, 3.8) is 0 Å². The van der Waals surface area contributed by atoms with Crippen LogP contribution in [-0.2, 0) is 7.05 Å². The predicted molar refractivity (Wildman–Crippen MR) is 94.2 cm³/mol. The van der Waals surface area contributed by atoms with Gasteiger partial charge in [0.05, 0.1) is 19.0 Å². The number of hydrogen-bond acceptors (Lipinski definition) is 3. The highest BCUT2D eigenvalue weighted by atomic mass is 19.1. The lowest BCUT2D eigenvalue weighted by atomic mass is 10.1. The highest BCUT2D eigenvalue weighted by molar-refractivity contribution is 5.98. The minimum atomic E-state index is -0.499. The zero-order valence-corrected chi connectivity index (χ0v) is 13.8. The molecular weight excluding hydrogens is 323 g/mol. The summed E-state index contributed by atoms with van der Waals surface area (Å²) in [4.78, 5) is 16.3. The molecule has 2 N–H and O–H groups in total. The molecule has 0 unspecified atom stereocenters. The minimum Gasteiger partial charge on any atom is -0.497 e. The van der Waals surface area contributed by atoms with Crippen LogP contribution in [-0.4, -0.2) is 22.7 Å². The van der Waals surface area contributed by atoms with Crippen LogP contribution in [0.15, 0.2) is 54.7 Å². The number of urea groups is 1. The Labute approximate surface area is 144 Å². The Morgan fingerprint density at radius 3 is 2.60 bits per heavy atom. The second-order valence-corrected chi connectivity index (χ2v) is 5.34. The van der Waals surface area contributed by atoms with E-state index in [2.05, 4.69) is 15.6 Å². The molecule has 0 saturated heterocycles. The Kier molecular flexibility index (Phi) is 4.65. The first-order valence-electron chi connectivity index (χ1n) is 7.56. The van der Waals surface area contributed by atoms with Gasteiger partial charge in [0.25, 0.3) is 0 Å². The summed E-state index contributed by atoms with van der Waals surface area (Å²) in [7, 11) is 3.41. The number of benzene rings is 2. The van der Waals surface area contributed by atoms with E-state index in [9.17, 15) is 9.18 Å². The molecule has 25 heavy (non-hydrogen) atoms. The average molecular weight is 340 g/mol. The monoisotopic (exact) mass is 340 g/mol. The van der Waals surface area contributed by atoms with Crippen LogP contribution in [0.5, 0.6) is 5.75 Å². The number of nitrogens with one attached hydrogen (secondary N) is 2. The molecule has 1 aromatic heterocycles. The Balaban J connectivity index is 1.73. The van der Waals surface area contributed by atoms with E-state index in [1.165, 1.54) is 18.2 Å². The van der Waals surface area contributed by atoms with Crippen LogP contribution in [0.2, 0.25) is 0 Å². The van der Waals surface area contributed by atoms with Crippen LogP contribution in [0, 0.1) is 5.82 Å². The van der Waals surface area contributed by atoms with Crippen LogP contribution < -0.4 is 15.4 Å². The average Bonchev–Trinajstić information content (AvgIpc) is 2.95. The lowest BCUT2D eigenvalue weighted by Gasteiger charge is -2.09. The SMILES string of the molecule is COc1ccc(-c2cnc(NC(=O)Nc3cccc(F)c3)n2C)cc1. The zero-order valence-electron chi connectivity index (χ0n) is 13.8. The third-order valence-corrected chi connectivity index (χ3v) is 3.68. The normalized spacial score (nSPS) is 10.4. The molecule has 7 heteroatoms. The molecule has 0 atom stereocenters. The predicted octanol–water partition coefficient (Wildman–Crippen LogP) is 3.88. The lowest BCUT2D eigenvalue weighted by Crippen LogP contribution is -2.21. The standard InChI is InChI=1S/C18H17FN4O2/c1-23-16(12-6-8-15(25-2)9-7-12)11-20-17(23)22-18(24)21-14-5-3-4-13(19)10-14/h3-11H,1-2H3,(H2,20,21,22,24). The van der Waals surface area contributed by atoms with Gasteiger partial charge in [-0.2, -0.15) is 0 Å². The van der Waals surface area contributed by atoms with Gasteiger partial charge >= 0.3 is 6.03 Å². The summed E-state index contributed by atoms with van der Waals surface area (Å²) in [6.45, 7) is 0. The topological polar surface area (TPSA) is 68.2 Å². The van der Waals surface area contributed by atoms with Crippen LogP contribution in [0.25, 0.3) is 11.3 Å². The molecule has 2 aromatic carbocycles. The summed E-state index contributed by atoms with van der Waals surface area (Å²) < 4.78 is 20.1. The number of amides is 2. The number of anilines is 2. The summed E-state index contributed by atoms with van der Waals surface area (Å²) in [5.41, 5.74) is 2.14. The van der Waals surface area contributed by atoms with Gasteiger partial charge in [-0.3, -0.25) is 5.32 Å². The Morgan fingerprint density at radius 1 is 1.16 bits per heavy atom. The Hall–Kier alpha value is -3.35. The molecule has 0 aliphatic rings. The Morgan fingerprint density at radius 2 is 1.92 bits per heavy atom. The van der Waals surface area contributed by atoms with Crippen molar-refractivity contribution in [1.29, 1.82) is 0 Å². The second-order valence-electron chi connectivity index (χ2n) is 5.34. The Bertz CT molecular complexity index is 890. The van der Waals surface area contributed by atoms with Crippen molar-refractivity contribution in [1.82, 2.24) is 9.55 Å². The number of rotatable bonds is 4. The molecule has 2 amide bonds. The highest BCUT2D eigenvalue weighted by Crippen LogP contribution is 2.24. The molecule has 0 aliphatic carbocycles. The molecule has 3 rings (SSSR count). The van der Waals surface area contributed by atoms with Crippen LogP contribution in [0.3, 0.4) is 0 Å². The minimum absolute atomic E-state index is 0.363. The molecular formula is C18H17FN4O2. The van der Waals surface area contributed by atoms with Crippen molar-refractivity contribution >= 4 is 17.7 Å². The van der Waals surface area contributed by atoms with Crippen LogP contribution in [0.4, 0.5) is 20.8 Å². The summed E-state index contributed by atoms with van der Waals surface area (Å²) in [6.07, 6.45) is 1.67. The van der Waals surface area contributed by atoms with E-state index < -0.39 is 11.8 Å². The van der Waals surface area contributed by atoms with Gasteiger partial charge in [-0.25, -0.2) is 14.2 Å². The van der Waals surface area contributed by atoms with E-state index in [1.54, 1.807) is 31.0 Å². The van der Waals surface area contributed by atoms with Gasteiger partial charge in [0.2, 0.25) is 5.95 Å². The number of carbonyl (C=O) groups excluding carboxylic acids is 1. The number of nitrogens with zero attached hydrogens (tertiary/aromatic N) is 2. The van der Waals surface area contributed by atoms with E-state index in [0.29, 0.717) is 11.6 Å². The van der Waals surface area contributed by atoms with Crippen molar-refractivity contribution in [2.24, 2.45) is 7.05 Å². The van der Waals surface area contributed by atoms with Gasteiger partial charge in [0.15, 0.2) is 0 Å². The summed E-state index contributed by atoms with van der Waals surface area (Å²) >= 11 is 0. The van der Waals surface area contributed by atoms with Crippen LogP contribution in [0.1, 0.15) is 0 Å². The van der Waals surface area contributed by atoms with E-state index in [4.69, 9.17) is 4.74 Å². The quantitative estimate of drug-likeness (QED) is 0.757. The number of aromatic nitrogens is 2. The van der Waals surface area contributed by atoms with Gasteiger partial charge in [-0.05, 0) is 42.5 Å². The first kappa shape index (κ1) is 16.5. The number of methoxy groups -OCH3 is 1. The fraction of sp³-hybridized carbons (Fsp3) is 0.111. The van der Waals surface area contributed by atoms with E-state index >= 15 is 0 Å². The van der Waals surface area contributed by atoms with Crippen molar-refractivity contribution in [2.45, 2.75) is 0 Å². The van der Waals surface area contributed by atoms with Gasteiger partial charge in [0, 0.05) is 18.3 Å². The van der Waals surface area contributed by atoms with Gasteiger partial charge in [-0.15, -0.1) is 0 Å². The zero-order chi connectivity index (χ0) is 17.8. The maximum absolute atomic E-state index is 13.2. The summed E-state index contributed by atoms with van der Waals surface area (Å²) in [5, 5.41) is 5.21. The molecule has 0 aliphatic heterocycles. The molecule has 128 valence electrons. The van der Waals surface area contributed by atoms with Gasteiger partial charge < -0.3 is 14.6 Å². The number of imidazole rings is 1. The largest absolute Gasteiger partial charge is 0.497 e. The number of hydrogen-bond donors (Lipinski definition) is 2. The second kappa shape index (κ2) is 7.04. The lowest BCUT2D eigenvalue weighted by molar-refractivity contribution is 0.262. The van der Waals surface area contributed by atoms with E-state index in [1.807, 2.05) is 24.3 Å². The molecule has 6 nitrogen and oxygen atoms in total. The summed E-state index contributed by atoms with van der Waals surface area (Å²) in [6, 6.07) is 12.7. The smallest absolute Gasteiger partial charge is 0.326 e. The highest BCUT2D eigenvalue weighted by Gasteiger charge is 2.11. The molecule has 0 saturated carbocycles. The fourth-order valence-electron chi connectivity index (χ4n) is 2.39. The fourth-order valence-corrected chi connectivity index (χ4v) is 2.39. The first-order chi connectivity index (χ1) is 12.1. The van der Waals surface area contributed by atoms with Crippen molar-refractivity contribution < 1.29 is 13.9 Å². The summed E-state index contributed by atoms with van der Waals surface area (Å²) in [5.74, 6) is 0.718.